The smallest absolute Gasteiger partial charge is 0.237 e. The van der Waals surface area contributed by atoms with Gasteiger partial charge in [0.1, 0.15) is 0 Å². The van der Waals surface area contributed by atoms with Crippen molar-refractivity contribution < 1.29 is 9.59 Å². The zero-order valence-corrected chi connectivity index (χ0v) is 14.9. The van der Waals surface area contributed by atoms with Gasteiger partial charge < -0.3 is 5.32 Å². The normalized spacial score (nSPS) is 11.8. The standard InChI is InChI=1S/C17H15Cl2NO2S/c1-10(21)12-6-8-13(9-7-12)20-17(22)11(2)23-16-14(18)4-3-5-15(16)19/h3-9,11H,1-2H3,(H,20,22)/t11-/m1/s1. The Morgan fingerprint density at radius 3 is 2.13 bits per heavy atom. The highest BCUT2D eigenvalue weighted by molar-refractivity contribution is 8.00. The first-order valence-corrected chi connectivity index (χ1v) is 8.54. The summed E-state index contributed by atoms with van der Waals surface area (Å²) in [4.78, 5) is 24.2. The first kappa shape index (κ1) is 17.9. The van der Waals surface area contributed by atoms with E-state index in [0.29, 0.717) is 26.2 Å². The van der Waals surface area contributed by atoms with Crippen LogP contribution in [0.2, 0.25) is 10.0 Å². The third kappa shape index (κ3) is 4.74. The average Bonchev–Trinajstić information content (AvgIpc) is 2.51. The van der Waals surface area contributed by atoms with Crippen molar-refractivity contribution in [3.8, 4) is 0 Å². The summed E-state index contributed by atoms with van der Waals surface area (Å²) < 4.78 is 0. The van der Waals surface area contributed by atoms with Crippen LogP contribution in [0.5, 0.6) is 0 Å². The lowest BCUT2D eigenvalue weighted by molar-refractivity contribution is -0.115. The number of carbonyl (C=O) groups excluding carboxylic acids is 2. The molecule has 1 N–H and O–H groups in total. The summed E-state index contributed by atoms with van der Waals surface area (Å²) >= 11 is 13.5. The predicted molar refractivity (Wildman–Crippen MR) is 96.9 cm³/mol. The highest BCUT2D eigenvalue weighted by Crippen LogP contribution is 2.36. The van der Waals surface area contributed by atoms with Crippen LogP contribution in [0.15, 0.2) is 47.4 Å². The summed E-state index contributed by atoms with van der Waals surface area (Å²) in [5.41, 5.74) is 1.24. The van der Waals surface area contributed by atoms with Crippen molar-refractivity contribution in [1.82, 2.24) is 0 Å². The fraction of sp³-hybridized carbons (Fsp3) is 0.176. The second-order valence-electron chi connectivity index (χ2n) is 4.93. The molecule has 0 saturated carbocycles. The average molecular weight is 368 g/mol. The Bertz CT molecular complexity index is 712. The lowest BCUT2D eigenvalue weighted by Gasteiger charge is -2.14. The second kappa shape index (κ2) is 7.86. The van der Waals surface area contributed by atoms with Gasteiger partial charge in [0.25, 0.3) is 0 Å². The molecule has 3 nitrogen and oxygen atoms in total. The molecule has 2 aromatic carbocycles. The van der Waals surface area contributed by atoms with E-state index in [2.05, 4.69) is 5.32 Å². The van der Waals surface area contributed by atoms with Crippen LogP contribution in [0, 0.1) is 0 Å². The molecule has 0 aliphatic carbocycles. The van der Waals surface area contributed by atoms with E-state index in [-0.39, 0.29) is 16.9 Å². The number of Topliss-reactive ketones (excluding diaryl/α,β-unsaturated/α-hetero) is 1. The van der Waals surface area contributed by atoms with E-state index in [1.54, 1.807) is 49.4 Å². The van der Waals surface area contributed by atoms with E-state index in [1.165, 1.54) is 18.7 Å². The minimum absolute atomic E-state index is 0.0137. The van der Waals surface area contributed by atoms with Gasteiger partial charge in [-0.2, -0.15) is 0 Å². The number of hydrogen-bond acceptors (Lipinski definition) is 3. The van der Waals surface area contributed by atoms with Gasteiger partial charge in [-0.3, -0.25) is 9.59 Å². The van der Waals surface area contributed by atoms with E-state index in [9.17, 15) is 9.59 Å². The van der Waals surface area contributed by atoms with Crippen molar-refractivity contribution >= 4 is 52.3 Å². The number of benzene rings is 2. The van der Waals surface area contributed by atoms with Crippen molar-refractivity contribution in [2.45, 2.75) is 24.0 Å². The minimum Gasteiger partial charge on any atom is -0.325 e. The van der Waals surface area contributed by atoms with Crippen LogP contribution in [-0.4, -0.2) is 16.9 Å². The van der Waals surface area contributed by atoms with Crippen molar-refractivity contribution in [1.29, 1.82) is 0 Å². The minimum atomic E-state index is -0.375. The molecule has 0 heterocycles. The third-order valence-corrected chi connectivity index (χ3v) is 5.24. The second-order valence-corrected chi connectivity index (χ2v) is 7.10. The number of hydrogen-bond donors (Lipinski definition) is 1. The molecule has 0 spiro atoms. The van der Waals surface area contributed by atoms with Crippen LogP contribution in [0.1, 0.15) is 24.2 Å². The summed E-state index contributed by atoms with van der Waals surface area (Å²) in [5.74, 6) is -0.179. The monoisotopic (exact) mass is 367 g/mol. The number of thioether (sulfide) groups is 1. The zero-order chi connectivity index (χ0) is 17.0. The van der Waals surface area contributed by atoms with Crippen molar-refractivity contribution in [2.24, 2.45) is 0 Å². The summed E-state index contributed by atoms with van der Waals surface area (Å²) in [6.07, 6.45) is 0. The summed E-state index contributed by atoms with van der Waals surface area (Å²) in [6, 6.07) is 12.0. The zero-order valence-electron chi connectivity index (χ0n) is 12.6. The summed E-state index contributed by atoms with van der Waals surface area (Å²) in [6.45, 7) is 3.28. The molecule has 0 aliphatic rings. The predicted octanol–water partition coefficient (Wildman–Crippen LogP) is 5.32. The number of halogens is 2. The Labute approximate surface area is 149 Å². The summed E-state index contributed by atoms with van der Waals surface area (Å²) in [7, 11) is 0. The topological polar surface area (TPSA) is 46.2 Å². The maximum atomic E-state index is 12.3. The lowest BCUT2D eigenvalue weighted by atomic mass is 10.1. The van der Waals surface area contributed by atoms with Gasteiger partial charge in [0.05, 0.1) is 15.3 Å². The van der Waals surface area contributed by atoms with Gasteiger partial charge in [-0.25, -0.2) is 0 Å². The van der Waals surface area contributed by atoms with Crippen molar-refractivity contribution in [3.63, 3.8) is 0 Å². The SMILES string of the molecule is CC(=O)c1ccc(NC(=O)[C@@H](C)Sc2c(Cl)cccc2Cl)cc1. The molecule has 0 fully saturated rings. The van der Waals surface area contributed by atoms with Gasteiger partial charge in [0, 0.05) is 16.1 Å². The first-order valence-electron chi connectivity index (χ1n) is 6.91. The number of rotatable bonds is 5. The van der Waals surface area contributed by atoms with E-state index in [1.807, 2.05) is 0 Å². The lowest BCUT2D eigenvalue weighted by Crippen LogP contribution is -2.22. The van der Waals surface area contributed by atoms with Gasteiger partial charge in [0.2, 0.25) is 5.91 Å². The molecule has 0 aromatic heterocycles. The molecular formula is C17H15Cl2NO2S. The van der Waals surface area contributed by atoms with E-state index in [0.717, 1.165) is 0 Å². The molecule has 120 valence electrons. The highest BCUT2D eigenvalue weighted by atomic mass is 35.5. The molecule has 2 rings (SSSR count). The Morgan fingerprint density at radius 1 is 1.04 bits per heavy atom. The van der Waals surface area contributed by atoms with Gasteiger partial charge in [-0.1, -0.05) is 29.3 Å². The van der Waals surface area contributed by atoms with Crippen LogP contribution >= 0.6 is 35.0 Å². The van der Waals surface area contributed by atoms with Gasteiger partial charge in [-0.15, -0.1) is 11.8 Å². The molecule has 2 aromatic rings. The molecule has 0 unspecified atom stereocenters. The highest BCUT2D eigenvalue weighted by Gasteiger charge is 2.18. The molecule has 0 aliphatic heterocycles. The molecule has 6 heteroatoms. The van der Waals surface area contributed by atoms with Gasteiger partial charge >= 0.3 is 0 Å². The van der Waals surface area contributed by atoms with E-state index < -0.39 is 0 Å². The van der Waals surface area contributed by atoms with Gasteiger partial charge in [0.15, 0.2) is 5.78 Å². The van der Waals surface area contributed by atoms with Crippen LogP contribution in [0.25, 0.3) is 0 Å². The largest absolute Gasteiger partial charge is 0.325 e. The van der Waals surface area contributed by atoms with E-state index >= 15 is 0 Å². The summed E-state index contributed by atoms with van der Waals surface area (Å²) in [5, 5.41) is 3.48. The van der Waals surface area contributed by atoms with Gasteiger partial charge in [-0.05, 0) is 50.2 Å². The van der Waals surface area contributed by atoms with Crippen LogP contribution in [-0.2, 0) is 4.79 Å². The molecule has 0 radical (unpaired) electrons. The number of anilines is 1. The Hall–Kier alpha value is -1.49. The van der Waals surface area contributed by atoms with Crippen LogP contribution in [0.4, 0.5) is 5.69 Å². The van der Waals surface area contributed by atoms with E-state index in [4.69, 9.17) is 23.2 Å². The van der Waals surface area contributed by atoms with Crippen molar-refractivity contribution in [3.05, 3.63) is 58.1 Å². The third-order valence-electron chi connectivity index (χ3n) is 3.14. The Balaban J connectivity index is 2.04. The number of ketones is 1. The maximum Gasteiger partial charge on any atom is 0.237 e. The molecule has 0 saturated heterocycles. The fourth-order valence-corrected chi connectivity index (χ4v) is 3.40. The fourth-order valence-electron chi connectivity index (χ4n) is 1.86. The quantitative estimate of drug-likeness (QED) is 0.574. The van der Waals surface area contributed by atoms with Crippen LogP contribution < -0.4 is 5.32 Å². The molecule has 1 atom stereocenters. The first-order chi connectivity index (χ1) is 10.9. The Morgan fingerprint density at radius 2 is 1.61 bits per heavy atom. The maximum absolute atomic E-state index is 12.3. The Kier molecular flexibility index (Phi) is 6.10. The molecule has 1 amide bonds. The van der Waals surface area contributed by atoms with Crippen molar-refractivity contribution in [2.75, 3.05) is 5.32 Å². The number of carbonyl (C=O) groups is 2. The molecular weight excluding hydrogens is 353 g/mol. The van der Waals surface area contributed by atoms with Crippen LogP contribution in [0.3, 0.4) is 0 Å². The molecule has 23 heavy (non-hydrogen) atoms. The number of amides is 1. The number of nitrogens with one attached hydrogen (secondary N) is 1. The molecule has 0 bridgehead atoms.